The number of aliphatic carboxylic acids is 1. The Bertz CT molecular complexity index is 726. The highest BCUT2D eigenvalue weighted by atomic mass is 35.5. The van der Waals surface area contributed by atoms with Gasteiger partial charge in [0.15, 0.2) is 5.60 Å². The molecule has 0 aromatic heterocycles. The first kappa shape index (κ1) is 23.5. The Morgan fingerprint density at radius 2 is 1.93 bits per heavy atom. The molecule has 3 N–H and O–H groups in total. The maximum atomic E-state index is 13.7. The summed E-state index contributed by atoms with van der Waals surface area (Å²) in [5, 5.41) is 28.2. The number of alkyl halides is 2. The van der Waals surface area contributed by atoms with Crippen molar-refractivity contribution in [3.8, 4) is 0 Å². The molecule has 5 nitrogen and oxygen atoms in total. The number of carboxylic acids is 1. The summed E-state index contributed by atoms with van der Waals surface area (Å²) in [7, 11) is 0. The third-order valence-corrected chi connectivity index (χ3v) is 6.40. The summed E-state index contributed by atoms with van der Waals surface area (Å²) in [5.41, 5.74) is -1.32. The van der Waals surface area contributed by atoms with E-state index >= 15 is 0 Å². The lowest BCUT2D eigenvalue weighted by Gasteiger charge is -2.33. The van der Waals surface area contributed by atoms with Gasteiger partial charge in [-0.25, -0.2) is 13.6 Å². The van der Waals surface area contributed by atoms with E-state index in [0.29, 0.717) is 12.3 Å². The Morgan fingerprint density at radius 3 is 2.48 bits per heavy atom. The van der Waals surface area contributed by atoms with Gasteiger partial charge in [0.05, 0.1) is 6.34 Å². The third-order valence-electron chi connectivity index (χ3n) is 6.40. The molecule has 0 spiro atoms. The molecule has 1 aliphatic heterocycles. The number of carbonyl (C=O) groups is 1. The molecule has 1 heterocycles. The zero-order chi connectivity index (χ0) is 20.4. The van der Waals surface area contributed by atoms with Crippen molar-refractivity contribution in [2.75, 3.05) is 13.1 Å². The van der Waals surface area contributed by atoms with Crippen molar-refractivity contribution < 1.29 is 23.8 Å². The second-order valence-corrected chi connectivity index (χ2v) is 8.17. The molecule has 2 aliphatic rings. The molecule has 1 saturated heterocycles. The van der Waals surface area contributed by atoms with Crippen molar-refractivity contribution in [2.45, 2.75) is 56.5 Å². The summed E-state index contributed by atoms with van der Waals surface area (Å²) in [6.45, 7) is 1.68. The maximum Gasteiger partial charge on any atom is 0.340 e. The summed E-state index contributed by atoms with van der Waals surface area (Å²) in [6, 6.07) is 6.81. The Labute approximate surface area is 176 Å². The molecule has 0 radical (unpaired) electrons. The van der Waals surface area contributed by atoms with Crippen LogP contribution in [0.4, 0.5) is 8.78 Å². The van der Waals surface area contributed by atoms with Crippen molar-refractivity contribution in [3.05, 3.63) is 35.4 Å². The normalized spacial score (nSPS) is 23.8. The highest BCUT2D eigenvalue weighted by Crippen LogP contribution is 2.48. The minimum atomic E-state index is -2.92. The standard InChI is InChI=1S/C21H28F2N2O3.ClH/c22-20(23)10-7-17(13-20)21(28,19(26)27)18-4-2-1-3-16(18)6-5-15-8-11-25(14-24)12-9-15;/h1-4,14-15,17,24,28H,5-13H2,(H,26,27);1H/t17-,21-;/m1./s1. The lowest BCUT2D eigenvalue weighted by molar-refractivity contribution is -0.167. The van der Waals surface area contributed by atoms with Crippen molar-refractivity contribution in [3.63, 3.8) is 0 Å². The second-order valence-electron chi connectivity index (χ2n) is 8.17. The number of aliphatic hydroxyl groups is 1. The molecule has 1 saturated carbocycles. The molecule has 8 heteroatoms. The number of nitrogens with zero attached hydrogens (tertiary/aromatic N) is 1. The van der Waals surface area contributed by atoms with Crippen molar-refractivity contribution in [1.29, 1.82) is 5.41 Å². The predicted octanol–water partition coefficient (Wildman–Crippen LogP) is 4.07. The van der Waals surface area contributed by atoms with Crippen LogP contribution in [-0.4, -0.2) is 46.4 Å². The first-order valence-corrected chi connectivity index (χ1v) is 9.93. The van der Waals surface area contributed by atoms with E-state index in [9.17, 15) is 23.8 Å². The summed E-state index contributed by atoms with van der Waals surface area (Å²) in [5.74, 6) is -4.91. The summed E-state index contributed by atoms with van der Waals surface area (Å²) in [6.07, 6.45) is 3.74. The molecule has 1 aromatic carbocycles. The van der Waals surface area contributed by atoms with E-state index in [0.717, 1.165) is 37.9 Å². The van der Waals surface area contributed by atoms with E-state index < -0.39 is 29.8 Å². The van der Waals surface area contributed by atoms with Crippen LogP contribution in [0.2, 0.25) is 0 Å². The Kier molecular flexibility index (Phi) is 7.62. The minimum absolute atomic E-state index is 0. The van der Waals surface area contributed by atoms with Gasteiger partial charge in [0.25, 0.3) is 0 Å². The van der Waals surface area contributed by atoms with Crippen LogP contribution < -0.4 is 0 Å². The van der Waals surface area contributed by atoms with Gasteiger partial charge in [-0.2, -0.15) is 0 Å². The number of likely N-dealkylation sites (tertiary alicyclic amines) is 1. The average molecular weight is 431 g/mol. The largest absolute Gasteiger partial charge is 0.479 e. The second kappa shape index (κ2) is 9.39. The van der Waals surface area contributed by atoms with Crippen molar-refractivity contribution in [2.24, 2.45) is 11.8 Å². The molecular weight excluding hydrogens is 402 g/mol. The molecule has 2 fully saturated rings. The molecule has 162 valence electrons. The van der Waals surface area contributed by atoms with Crippen LogP contribution in [0.5, 0.6) is 0 Å². The molecule has 0 amide bonds. The van der Waals surface area contributed by atoms with Gasteiger partial charge >= 0.3 is 5.97 Å². The van der Waals surface area contributed by atoms with Crippen molar-refractivity contribution >= 4 is 24.7 Å². The highest BCUT2D eigenvalue weighted by Gasteiger charge is 2.54. The smallest absolute Gasteiger partial charge is 0.340 e. The molecule has 0 unspecified atom stereocenters. The Hall–Kier alpha value is -1.73. The molecule has 0 bridgehead atoms. The molecule has 1 aliphatic carbocycles. The first-order chi connectivity index (χ1) is 13.3. The lowest BCUT2D eigenvalue weighted by atomic mass is 9.77. The number of hydrogen-bond acceptors (Lipinski definition) is 3. The Balaban J connectivity index is 0.00000300. The van der Waals surface area contributed by atoms with E-state index in [-0.39, 0.29) is 30.8 Å². The van der Waals surface area contributed by atoms with Gasteiger partial charge in [-0.3, -0.25) is 5.41 Å². The Morgan fingerprint density at radius 1 is 1.28 bits per heavy atom. The molecule has 3 rings (SSSR count). The van der Waals surface area contributed by atoms with E-state index in [2.05, 4.69) is 0 Å². The summed E-state index contributed by atoms with van der Waals surface area (Å²) in [4.78, 5) is 14.0. The van der Waals surface area contributed by atoms with Crippen molar-refractivity contribution in [1.82, 2.24) is 4.90 Å². The lowest BCUT2D eigenvalue weighted by Crippen LogP contribution is -2.43. The predicted molar refractivity (Wildman–Crippen MR) is 109 cm³/mol. The topological polar surface area (TPSA) is 84.6 Å². The SMILES string of the molecule is Cl.N=CN1CCC(CCc2ccccc2[C@@](O)(C(=O)O)[C@@H]2CCC(F)(F)C2)CC1. The van der Waals surface area contributed by atoms with Crippen LogP contribution in [0.1, 0.15) is 49.7 Å². The average Bonchev–Trinajstić information content (AvgIpc) is 3.06. The fourth-order valence-electron chi connectivity index (χ4n) is 4.66. The van der Waals surface area contributed by atoms with Gasteiger partial charge in [-0.1, -0.05) is 24.3 Å². The highest BCUT2D eigenvalue weighted by molar-refractivity contribution is 5.85. The molecule has 2 atom stereocenters. The van der Waals surface area contributed by atoms with Crippen LogP contribution in [0.15, 0.2) is 24.3 Å². The van der Waals surface area contributed by atoms with E-state index in [1.54, 1.807) is 24.3 Å². The summed E-state index contributed by atoms with van der Waals surface area (Å²) < 4.78 is 27.5. The number of piperidine rings is 1. The van der Waals surface area contributed by atoms with E-state index in [1.807, 2.05) is 4.90 Å². The third kappa shape index (κ3) is 5.07. The number of aryl methyl sites for hydroxylation is 1. The van der Waals surface area contributed by atoms with Gasteiger partial charge in [-0.05, 0) is 49.1 Å². The van der Waals surface area contributed by atoms with Crippen LogP contribution in [0, 0.1) is 17.2 Å². The quantitative estimate of drug-likeness (QED) is 0.449. The zero-order valence-electron chi connectivity index (χ0n) is 16.3. The fourth-order valence-corrected chi connectivity index (χ4v) is 4.66. The molecule has 1 aromatic rings. The summed E-state index contributed by atoms with van der Waals surface area (Å²) >= 11 is 0. The van der Waals surface area contributed by atoms with E-state index in [4.69, 9.17) is 5.41 Å². The number of hydrogen-bond donors (Lipinski definition) is 3. The number of halogens is 3. The fraction of sp³-hybridized carbons (Fsp3) is 0.619. The first-order valence-electron chi connectivity index (χ1n) is 9.93. The minimum Gasteiger partial charge on any atom is -0.479 e. The number of nitrogens with one attached hydrogen (secondary N) is 1. The molecular formula is C21H29ClF2N2O3. The van der Waals surface area contributed by atoms with Gasteiger partial charge in [0.2, 0.25) is 5.92 Å². The van der Waals surface area contributed by atoms with Crippen LogP contribution >= 0.6 is 12.4 Å². The van der Waals surface area contributed by atoms with Gasteiger partial charge < -0.3 is 15.1 Å². The monoisotopic (exact) mass is 430 g/mol. The van der Waals surface area contributed by atoms with Gasteiger partial charge in [0.1, 0.15) is 0 Å². The number of rotatable bonds is 7. The zero-order valence-corrected chi connectivity index (χ0v) is 17.1. The number of benzene rings is 1. The van der Waals surface area contributed by atoms with Crippen LogP contribution in [0.3, 0.4) is 0 Å². The molecule has 29 heavy (non-hydrogen) atoms. The van der Waals surface area contributed by atoms with Gasteiger partial charge in [0, 0.05) is 31.8 Å². The van der Waals surface area contributed by atoms with E-state index in [1.165, 1.54) is 6.34 Å². The van der Waals surface area contributed by atoms with Gasteiger partial charge in [-0.15, -0.1) is 12.4 Å². The maximum absolute atomic E-state index is 13.7. The number of carboxylic acid groups (broad SMARTS) is 1. The van der Waals surface area contributed by atoms with Crippen LogP contribution in [0.25, 0.3) is 0 Å². The van der Waals surface area contributed by atoms with Crippen LogP contribution in [-0.2, 0) is 16.8 Å².